The Morgan fingerprint density at radius 3 is 2.48 bits per heavy atom. The van der Waals surface area contributed by atoms with Crippen molar-refractivity contribution in [2.45, 2.75) is 41.1 Å². The van der Waals surface area contributed by atoms with Gasteiger partial charge in [-0.25, -0.2) is 8.42 Å². The molecule has 1 fully saturated rings. The Balaban J connectivity index is 1.83. The van der Waals surface area contributed by atoms with Crippen LogP contribution in [-0.2, 0) is 14.6 Å². The lowest BCUT2D eigenvalue weighted by atomic mass is 10.2. The summed E-state index contributed by atoms with van der Waals surface area (Å²) in [5.41, 5.74) is 0. The maximum Gasteiger partial charge on any atom is 0.320 e. The molecule has 1 aliphatic carbocycles. The molecule has 1 aliphatic rings. The highest BCUT2D eigenvalue weighted by Crippen LogP contribution is 2.23. The number of benzene rings is 1. The van der Waals surface area contributed by atoms with Crippen molar-refractivity contribution in [3.05, 3.63) is 24.3 Å². The van der Waals surface area contributed by atoms with Gasteiger partial charge in [-0.05, 0) is 43.5 Å². The first-order valence-corrected chi connectivity index (χ1v) is 9.66. The van der Waals surface area contributed by atoms with Crippen molar-refractivity contribution in [1.82, 2.24) is 5.32 Å². The SMILES string of the molecule is CS(=O)(=O)c1ccc(SCCC(NC2CC2)C(=O)O)cc1. The van der Waals surface area contributed by atoms with E-state index in [1.54, 1.807) is 24.3 Å². The number of aliphatic carboxylic acids is 1. The molecule has 7 heteroatoms. The molecule has 2 rings (SSSR count). The van der Waals surface area contributed by atoms with E-state index < -0.39 is 21.8 Å². The van der Waals surface area contributed by atoms with Gasteiger partial charge in [0.1, 0.15) is 6.04 Å². The van der Waals surface area contributed by atoms with E-state index in [-0.39, 0.29) is 0 Å². The second-order valence-electron chi connectivity index (χ2n) is 5.21. The molecule has 1 aromatic carbocycles. The summed E-state index contributed by atoms with van der Waals surface area (Å²) < 4.78 is 22.7. The highest BCUT2D eigenvalue weighted by Gasteiger charge is 2.27. The number of hydrogen-bond donors (Lipinski definition) is 2. The van der Waals surface area contributed by atoms with Gasteiger partial charge in [0, 0.05) is 22.9 Å². The zero-order valence-corrected chi connectivity index (χ0v) is 13.4. The second-order valence-corrected chi connectivity index (χ2v) is 8.40. The minimum absolute atomic E-state index is 0.297. The fraction of sp³-hybridized carbons (Fsp3) is 0.500. The normalized spacial score (nSPS) is 16.6. The monoisotopic (exact) mass is 329 g/mol. The molecule has 0 aliphatic heterocycles. The number of nitrogens with one attached hydrogen (secondary N) is 1. The van der Waals surface area contributed by atoms with Crippen molar-refractivity contribution in [3.8, 4) is 0 Å². The summed E-state index contributed by atoms with van der Waals surface area (Å²) in [6, 6.07) is 6.53. The summed E-state index contributed by atoms with van der Waals surface area (Å²) in [4.78, 5) is 12.4. The number of carboxylic acid groups (broad SMARTS) is 1. The largest absolute Gasteiger partial charge is 0.480 e. The van der Waals surface area contributed by atoms with Crippen LogP contribution in [0.2, 0.25) is 0 Å². The summed E-state index contributed by atoms with van der Waals surface area (Å²) in [7, 11) is -3.17. The average Bonchev–Trinajstić information content (AvgIpc) is 3.21. The molecule has 0 spiro atoms. The van der Waals surface area contributed by atoms with Crippen LogP contribution in [0.25, 0.3) is 0 Å². The molecule has 0 saturated heterocycles. The first-order valence-electron chi connectivity index (χ1n) is 6.78. The lowest BCUT2D eigenvalue weighted by Crippen LogP contribution is -2.38. The molecule has 5 nitrogen and oxygen atoms in total. The zero-order valence-electron chi connectivity index (χ0n) is 11.8. The number of carbonyl (C=O) groups is 1. The van der Waals surface area contributed by atoms with Crippen LogP contribution in [0, 0.1) is 0 Å². The van der Waals surface area contributed by atoms with Gasteiger partial charge in [0.25, 0.3) is 0 Å². The lowest BCUT2D eigenvalue weighted by Gasteiger charge is -2.13. The van der Waals surface area contributed by atoms with E-state index in [4.69, 9.17) is 5.11 Å². The van der Waals surface area contributed by atoms with Crippen LogP contribution < -0.4 is 5.32 Å². The van der Waals surface area contributed by atoms with Crippen molar-refractivity contribution in [3.63, 3.8) is 0 Å². The minimum Gasteiger partial charge on any atom is -0.480 e. The molecular weight excluding hydrogens is 310 g/mol. The molecule has 0 heterocycles. The van der Waals surface area contributed by atoms with E-state index in [0.717, 1.165) is 17.7 Å². The average molecular weight is 329 g/mol. The summed E-state index contributed by atoms with van der Waals surface area (Å²) in [6.45, 7) is 0. The molecular formula is C14H19NO4S2. The summed E-state index contributed by atoms with van der Waals surface area (Å²) >= 11 is 1.53. The molecule has 0 radical (unpaired) electrons. The Bertz CT molecular complexity index is 594. The summed E-state index contributed by atoms with van der Waals surface area (Å²) in [6.07, 6.45) is 3.84. The zero-order chi connectivity index (χ0) is 15.5. The van der Waals surface area contributed by atoms with E-state index in [0.29, 0.717) is 23.1 Å². The van der Waals surface area contributed by atoms with Gasteiger partial charge in [-0.1, -0.05) is 0 Å². The molecule has 1 saturated carbocycles. The third-order valence-corrected chi connectivity index (χ3v) is 5.41. The quantitative estimate of drug-likeness (QED) is 0.707. The van der Waals surface area contributed by atoms with Gasteiger partial charge in [-0.3, -0.25) is 4.79 Å². The molecule has 0 aromatic heterocycles. The Morgan fingerprint density at radius 2 is 2.00 bits per heavy atom. The first kappa shape index (κ1) is 16.3. The Hall–Kier alpha value is -1.05. The highest BCUT2D eigenvalue weighted by molar-refractivity contribution is 7.99. The molecule has 0 bridgehead atoms. The maximum absolute atomic E-state index is 11.4. The molecule has 21 heavy (non-hydrogen) atoms. The fourth-order valence-electron chi connectivity index (χ4n) is 1.89. The van der Waals surface area contributed by atoms with E-state index in [1.165, 1.54) is 18.0 Å². The van der Waals surface area contributed by atoms with Gasteiger partial charge < -0.3 is 10.4 Å². The number of rotatable bonds is 8. The Labute approximate surface area is 129 Å². The van der Waals surface area contributed by atoms with Crippen molar-refractivity contribution < 1.29 is 18.3 Å². The predicted molar refractivity (Wildman–Crippen MR) is 82.5 cm³/mol. The molecule has 1 atom stereocenters. The highest BCUT2D eigenvalue weighted by atomic mass is 32.2. The van der Waals surface area contributed by atoms with Crippen molar-refractivity contribution in [1.29, 1.82) is 0 Å². The van der Waals surface area contributed by atoms with Crippen LogP contribution in [0.1, 0.15) is 19.3 Å². The standard InChI is InChI=1S/C14H19NO4S2/c1-21(18,19)12-6-4-11(5-7-12)20-9-8-13(14(16)17)15-10-2-3-10/h4-7,10,13,15H,2-3,8-9H2,1H3,(H,16,17). The smallest absolute Gasteiger partial charge is 0.320 e. The fourth-order valence-corrected chi connectivity index (χ4v) is 3.44. The van der Waals surface area contributed by atoms with Gasteiger partial charge in [-0.15, -0.1) is 11.8 Å². The number of sulfone groups is 1. The summed E-state index contributed by atoms with van der Waals surface area (Å²) in [5, 5.41) is 12.2. The van der Waals surface area contributed by atoms with E-state index in [1.807, 2.05) is 0 Å². The third-order valence-electron chi connectivity index (χ3n) is 3.24. The third kappa shape index (κ3) is 5.33. The van der Waals surface area contributed by atoms with Gasteiger partial charge >= 0.3 is 5.97 Å². The number of thioether (sulfide) groups is 1. The molecule has 0 amide bonds. The predicted octanol–water partition coefficient (Wildman–Crippen LogP) is 1.78. The van der Waals surface area contributed by atoms with Crippen LogP contribution in [0.5, 0.6) is 0 Å². The minimum atomic E-state index is -3.17. The lowest BCUT2D eigenvalue weighted by molar-refractivity contribution is -0.139. The van der Waals surface area contributed by atoms with Crippen LogP contribution >= 0.6 is 11.8 Å². The van der Waals surface area contributed by atoms with E-state index in [2.05, 4.69) is 5.32 Å². The van der Waals surface area contributed by atoms with Gasteiger partial charge in [-0.2, -0.15) is 0 Å². The van der Waals surface area contributed by atoms with Crippen LogP contribution in [0.3, 0.4) is 0 Å². The van der Waals surface area contributed by atoms with Crippen molar-refractivity contribution >= 4 is 27.6 Å². The Morgan fingerprint density at radius 1 is 1.38 bits per heavy atom. The topological polar surface area (TPSA) is 83.5 Å². The molecule has 1 aromatic rings. The van der Waals surface area contributed by atoms with Crippen LogP contribution in [0.15, 0.2) is 34.1 Å². The van der Waals surface area contributed by atoms with E-state index >= 15 is 0 Å². The maximum atomic E-state index is 11.4. The van der Waals surface area contributed by atoms with Crippen molar-refractivity contribution in [2.75, 3.05) is 12.0 Å². The van der Waals surface area contributed by atoms with E-state index in [9.17, 15) is 13.2 Å². The van der Waals surface area contributed by atoms with Gasteiger partial charge in [0.05, 0.1) is 4.90 Å². The number of hydrogen-bond acceptors (Lipinski definition) is 5. The molecule has 1 unspecified atom stereocenters. The van der Waals surface area contributed by atoms with Crippen LogP contribution in [0.4, 0.5) is 0 Å². The molecule has 116 valence electrons. The van der Waals surface area contributed by atoms with Gasteiger partial charge in [0.15, 0.2) is 9.84 Å². The number of carboxylic acids is 1. The van der Waals surface area contributed by atoms with Gasteiger partial charge in [0.2, 0.25) is 0 Å². The molecule has 2 N–H and O–H groups in total. The first-order chi connectivity index (χ1) is 9.86. The van der Waals surface area contributed by atoms with Crippen molar-refractivity contribution in [2.24, 2.45) is 0 Å². The second kappa shape index (κ2) is 6.81. The van der Waals surface area contributed by atoms with Crippen LogP contribution in [-0.4, -0.2) is 43.6 Å². The summed E-state index contributed by atoms with van der Waals surface area (Å²) in [5.74, 6) is -0.135. The Kier molecular flexibility index (Phi) is 5.29.